The Morgan fingerprint density at radius 1 is 1.22 bits per heavy atom. The molecular weight excluding hydrogens is 242 g/mol. The molecule has 1 fully saturated rings. The van der Waals surface area contributed by atoms with E-state index in [0.717, 1.165) is 24.2 Å². The molecule has 1 aliphatic carbocycles. The van der Waals surface area contributed by atoms with E-state index in [4.69, 9.17) is 10.2 Å². The summed E-state index contributed by atoms with van der Waals surface area (Å²) in [6.45, 7) is 6.47. The fourth-order valence-electron chi connectivity index (χ4n) is 2.04. The van der Waals surface area contributed by atoms with Gasteiger partial charge in [-0.15, -0.1) is 0 Å². The zero-order valence-corrected chi connectivity index (χ0v) is 12.4. The van der Waals surface area contributed by atoms with E-state index in [1.807, 2.05) is 24.3 Å². The van der Waals surface area contributed by atoms with Crippen LogP contribution in [0.2, 0.25) is 19.6 Å². The van der Waals surface area contributed by atoms with Crippen LogP contribution in [0.1, 0.15) is 24.4 Å². The summed E-state index contributed by atoms with van der Waals surface area (Å²) in [5.74, 6) is 1.30. The Morgan fingerprint density at radius 2 is 1.78 bits per heavy atom. The minimum absolute atomic E-state index is 0.279. The van der Waals surface area contributed by atoms with Crippen molar-refractivity contribution in [1.29, 1.82) is 0 Å². The summed E-state index contributed by atoms with van der Waals surface area (Å²) in [6, 6.07) is 7.55. The molecule has 0 unspecified atom stereocenters. The van der Waals surface area contributed by atoms with Crippen molar-refractivity contribution in [2.45, 2.75) is 44.6 Å². The van der Waals surface area contributed by atoms with Gasteiger partial charge in [0.25, 0.3) is 0 Å². The zero-order valence-electron chi connectivity index (χ0n) is 11.4. The Kier molecular flexibility index (Phi) is 3.80. The highest BCUT2D eigenvalue weighted by molar-refractivity contribution is 6.70. The Hall–Kier alpha value is -0.843. The molecule has 18 heavy (non-hydrogen) atoms. The normalized spacial score (nSPS) is 19.4. The Balaban J connectivity index is 2.02. The van der Waals surface area contributed by atoms with Crippen molar-refractivity contribution in [2.24, 2.45) is 11.7 Å². The minimum atomic E-state index is -1.55. The highest BCUT2D eigenvalue weighted by Crippen LogP contribution is 2.37. The van der Waals surface area contributed by atoms with Crippen LogP contribution in [0.3, 0.4) is 0 Å². The molecule has 0 aromatic heterocycles. The predicted octanol–water partition coefficient (Wildman–Crippen LogP) is 2.67. The summed E-state index contributed by atoms with van der Waals surface area (Å²) in [5.41, 5.74) is 7.06. The van der Waals surface area contributed by atoms with Gasteiger partial charge < -0.3 is 15.3 Å². The van der Waals surface area contributed by atoms with Crippen molar-refractivity contribution in [3.8, 4) is 5.75 Å². The minimum Gasteiger partial charge on any atom is -0.544 e. The van der Waals surface area contributed by atoms with Gasteiger partial charge in [0.15, 0.2) is 0 Å². The van der Waals surface area contributed by atoms with E-state index in [1.165, 1.54) is 0 Å². The topological polar surface area (TPSA) is 55.5 Å². The van der Waals surface area contributed by atoms with Crippen LogP contribution in [0.15, 0.2) is 24.3 Å². The monoisotopic (exact) mass is 265 g/mol. The molecule has 0 saturated heterocycles. The predicted molar refractivity (Wildman–Crippen MR) is 76.1 cm³/mol. The molecule has 0 bridgehead atoms. The molecule has 3 N–H and O–H groups in total. The van der Waals surface area contributed by atoms with Crippen LogP contribution < -0.4 is 10.2 Å². The molecule has 1 aliphatic rings. The maximum Gasteiger partial charge on any atom is 0.242 e. The lowest BCUT2D eigenvalue weighted by molar-refractivity contribution is 0.122. The van der Waals surface area contributed by atoms with Crippen molar-refractivity contribution < 1.29 is 9.53 Å². The first-order valence-corrected chi connectivity index (χ1v) is 10.0. The van der Waals surface area contributed by atoms with Gasteiger partial charge in [0.1, 0.15) is 5.75 Å². The second-order valence-corrected chi connectivity index (χ2v) is 10.6. The first-order chi connectivity index (χ1) is 8.37. The standard InChI is InChI=1S/C14H23NO2Si/c1-18(2,3)17-12-8-6-10(7-9-12)13(15)14(16)11-4-5-11/h6-9,11,13-14,16H,4-5,15H2,1-3H3/t13-,14+/m1/s1. The largest absolute Gasteiger partial charge is 0.544 e. The number of rotatable bonds is 5. The lowest BCUT2D eigenvalue weighted by atomic mass is 9.99. The summed E-state index contributed by atoms with van der Waals surface area (Å²) in [7, 11) is -1.55. The Bertz CT molecular complexity index is 395. The molecule has 3 nitrogen and oxygen atoms in total. The lowest BCUT2D eigenvalue weighted by Gasteiger charge is -2.21. The van der Waals surface area contributed by atoms with Crippen LogP contribution in [-0.4, -0.2) is 19.5 Å². The third-order valence-corrected chi connectivity index (χ3v) is 4.01. The maximum atomic E-state index is 10.0. The van der Waals surface area contributed by atoms with Crippen molar-refractivity contribution >= 4 is 8.32 Å². The van der Waals surface area contributed by atoms with Gasteiger partial charge in [0.2, 0.25) is 8.32 Å². The smallest absolute Gasteiger partial charge is 0.242 e. The van der Waals surface area contributed by atoms with Gasteiger partial charge in [-0.25, -0.2) is 0 Å². The number of nitrogens with two attached hydrogens (primary N) is 1. The highest BCUT2D eigenvalue weighted by Gasteiger charge is 2.34. The van der Waals surface area contributed by atoms with Crippen LogP contribution in [0.5, 0.6) is 5.75 Å². The third-order valence-electron chi connectivity index (χ3n) is 3.16. The summed E-state index contributed by atoms with van der Waals surface area (Å²) in [4.78, 5) is 0. The van der Waals surface area contributed by atoms with Gasteiger partial charge in [0.05, 0.1) is 12.1 Å². The summed E-state index contributed by atoms with van der Waals surface area (Å²) in [6.07, 6.45) is 1.80. The summed E-state index contributed by atoms with van der Waals surface area (Å²) >= 11 is 0. The van der Waals surface area contributed by atoms with Crippen molar-refractivity contribution in [3.05, 3.63) is 29.8 Å². The average Bonchev–Trinajstić information content (AvgIpc) is 3.10. The summed E-state index contributed by atoms with van der Waals surface area (Å²) in [5, 5.41) is 10.0. The van der Waals surface area contributed by atoms with E-state index in [-0.39, 0.29) is 6.04 Å². The number of benzene rings is 1. The molecule has 0 heterocycles. The van der Waals surface area contributed by atoms with Gasteiger partial charge in [-0.05, 0) is 56.1 Å². The molecule has 2 rings (SSSR count). The third kappa shape index (κ3) is 3.57. The fraction of sp³-hybridized carbons (Fsp3) is 0.571. The fourth-order valence-corrected chi connectivity index (χ4v) is 2.88. The number of hydrogen-bond donors (Lipinski definition) is 2. The molecule has 100 valence electrons. The van der Waals surface area contributed by atoms with E-state index >= 15 is 0 Å². The van der Waals surface area contributed by atoms with Gasteiger partial charge in [-0.3, -0.25) is 0 Å². The lowest BCUT2D eigenvalue weighted by Crippen LogP contribution is -2.29. The second-order valence-electron chi connectivity index (χ2n) is 6.14. The molecule has 0 aliphatic heterocycles. The number of hydrogen-bond acceptors (Lipinski definition) is 3. The van der Waals surface area contributed by atoms with E-state index in [1.54, 1.807) is 0 Å². The number of aliphatic hydroxyl groups excluding tert-OH is 1. The molecule has 4 heteroatoms. The van der Waals surface area contributed by atoms with Crippen LogP contribution in [0, 0.1) is 5.92 Å². The Morgan fingerprint density at radius 3 is 2.22 bits per heavy atom. The first kappa shape index (κ1) is 13.6. The molecular formula is C14H23NO2Si. The van der Waals surface area contributed by atoms with E-state index in [0.29, 0.717) is 5.92 Å². The molecule has 1 saturated carbocycles. The molecule has 2 atom stereocenters. The second kappa shape index (κ2) is 5.03. The van der Waals surface area contributed by atoms with Crippen LogP contribution in [-0.2, 0) is 0 Å². The quantitative estimate of drug-likeness (QED) is 0.805. The van der Waals surface area contributed by atoms with Gasteiger partial charge in [-0.2, -0.15) is 0 Å². The average molecular weight is 265 g/mol. The van der Waals surface area contributed by atoms with Crippen molar-refractivity contribution in [3.63, 3.8) is 0 Å². The van der Waals surface area contributed by atoms with Gasteiger partial charge in [-0.1, -0.05) is 12.1 Å². The SMILES string of the molecule is C[Si](C)(C)Oc1ccc([C@@H](N)[C@@H](O)C2CC2)cc1. The maximum absolute atomic E-state index is 10.0. The van der Waals surface area contributed by atoms with E-state index in [2.05, 4.69) is 19.6 Å². The van der Waals surface area contributed by atoms with Gasteiger partial charge >= 0.3 is 0 Å². The summed E-state index contributed by atoms with van der Waals surface area (Å²) < 4.78 is 5.89. The molecule has 1 aromatic carbocycles. The van der Waals surface area contributed by atoms with Crippen LogP contribution in [0.4, 0.5) is 0 Å². The Labute approximate surface area is 110 Å². The van der Waals surface area contributed by atoms with Crippen molar-refractivity contribution in [1.82, 2.24) is 0 Å². The van der Waals surface area contributed by atoms with Crippen molar-refractivity contribution in [2.75, 3.05) is 0 Å². The zero-order chi connectivity index (χ0) is 13.3. The molecule has 0 spiro atoms. The van der Waals surface area contributed by atoms with Gasteiger partial charge in [0, 0.05) is 0 Å². The molecule has 0 amide bonds. The van der Waals surface area contributed by atoms with E-state index in [9.17, 15) is 5.11 Å². The first-order valence-electron chi connectivity index (χ1n) is 6.59. The molecule has 0 radical (unpaired) electrons. The van der Waals surface area contributed by atoms with Crippen LogP contribution in [0.25, 0.3) is 0 Å². The van der Waals surface area contributed by atoms with E-state index < -0.39 is 14.4 Å². The molecule has 1 aromatic rings. The number of aliphatic hydroxyl groups is 1. The van der Waals surface area contributed by atoms with Crippen LogP contribution >= 0.6 is 0 Å². The highest BCUT2D eigenvalue weighted by atomic mass is 28.4.